The summed E-state index contributed by atoms with van der Waals surface area (Å²) in [5.74, 6) is -0.444. The van der Waals surface area contributed by atoms with Crippen LogP contribution in [-0.4, -0.2) is 24.2 Å². The van der Waals surface area contributed by atoms with E-state index < -0.39 is 17.7 Å². The molecular formula is C26H28FNO4. The van der Waals surface area contributed by atoms with Gasteiger partial charge < -0.3 is 14.8 Å². The number of benzene rings is 2. The van der Waals surface area contributed by atoms with Gasteiger partial charge >= 0.3 is 12.1 Å². The molecule has 0 atom stereocenters. The van der Waals surface area contributed by atoms with Crippen molar-refractivity contribution in [1.29, 1.82) is 0 Å². The molecule has 1 heterocycles. The molecule has 0 aromatic heterocycles. The van der Waals surface area contributed by atoms with Gasteiger partial charge in [-0.05, 0) is 85.9 Å². The molecular weight excluding hydrogens is 409 g/mol. The number of aryl methyl sites for hydroxylation is 1. The number of hydrogen-bond donors (Lipinski definition) is 1. The first-order valence-electron chi connectivity index (χ1n) is 11.2. The molecule has 1 amide bonds. The van der Waals surface area contributed by atoms with Crippen LogP contribution in [0.15, 0.2) is 42.2 Å². The average Bonchev–Trinajstić information content (AvgIpc) is 3.34. The minimum atomic E-state index is -0.888. The van der Waals surface area contributed by atoms with Gasteiger partial charge in [-0.25, -0.2) is 14.0 Å². The molecule has 5 nitrogen and oxygen atoms in total. The zero-order valence-electron chi connectivity index (χ0n) is 18.7. The van der Waals surface area contributed by atoms with Crippen molar-refractivity contribution in [2.24, 2.45) is 0 Å². The Kier molecular flexibility index (Phi) is 6.04. The summed E-state index contributed by atoms with van der Waals surface area (Å²) >= 11 is 0. The van der Waals surface area contributed by atoms with Gasteiger partial charge in [0.15, 0.2) is 11.4 Å². The van der Waals surface area contributed by atoms with E-state index in [2.05, 4.69) is 5.32 Å². The molecule has 4 rings (SSSR count). The number of rotatable bonds is 5. The second kappa shape index (κ2) is 8.77. The zero-order chi connectivity index (χ0) is 22.9. The highest BCUT2D eigenvalue weighted by Gasteiger charge is 2.52. The van der Waals surface area contributed by atoms with E-state index in [1.54, 1.807) is 12.1 Å². The SMILES string of the molecule is CCNC(=O)OC1=C(c2c(CC)ccc(-c3ccc(F)cc3)c2C)C(=O)OC12CCCC2. The number of nitrogens with one attached hydrogen (secondary N) is 1. The lowest BCUT2D eigenvalue weighted by molar-refractivity contribution is -0.146. The van der Waals surface area contributed by atoms with Crippen LogP contribution in [-0.2, 0) is 20.7 Å². The Bertz CT molecular complexity index is 1080. The van der Waals surface area contributed by atoms with Crippen molar-refractivity contribution in [2.75, 3.05) is 6.54 Å². The van der Waals surface area contributed by atoms with Gasteiger partial charge in [0.2, 0.25) is 0 Å². The number of carbonyl (C=O) groups excluding carboxylic acids is 2. The molecule has 0 saturated heterocycles. The summed E-state index contributed by atoms with van der Waals surface area (Å²) in [5, 5.41) is 2.65. The van der Waals surface area contributed by atoms with Crippen LogP contribution >= 0.6 is 0 Å². The highest BCUT2D eigenvalue weighted by atomic mass is 19.1. The lowest BCUT2D eigenvalue weighted by atomic mass is 9.86. The molecule has 1 N–H and O–H groups in total. The van der Waals surface area contributed by atoms with Crippen LogP contribution in [0, 0.1) is 12.7 Å². The predicted octanol–water partition coefficient (Wildman–Crippen LogP) is 5.69. The van der Waals surface area contributed by atoms with E-state index in [4.69, 9.17) is 9.47 Å². The summed E-state index contributed by atoms with van der Waals surface area (Å²) in [4.78, 5) is 25.7. The molecule has 0 unspecified atom stereocenters. The molecule has 1 fully saturated rings. The fraction of sp³-hybridized carbons (Fsp3) is 0.385. The van der Waals surface area contributed by atoms with E-state index in [-0.39, 0.29) is 5.82 Å². The summed E-state index contributed by atoms with van der Waals surface area (Å²) in [6.07, 6.45) is 3.17. The molecule has 2 aromatic carbocycles. The lowest BCUT2D eigenvalue weighted by Crippen LogP contribution is -2.33. The van der Waals surface area contributed by atoms with Crippen LogP contribution in [0.2, 0.25) is 0 Å². The normalized spacial score (nSPS) is 17.1. The summed E-state index contributed by atoms with van der Waals surface area (Å²) in [6, 6.07) is 10.2. The van der Waals surface area contributed by atoms with Crippen molar-refractivity contribution >= 4 is 17.6 Å². The Balaban J connectivity index is 1.93. The van der Waals surface area contributed by atoms with E-state index in [9.17, 15) is 14.0 Å². The van der Waals surface area contributed by atoms with E-state index in [0.29, 0.717) is 37.1 Å². The van der Waals surface area contributed by atoms with Crippen LogP contribution in [0.3, 0.4) is 0 Å². The molecule has 1 aliphatic heterocycles. The van der Waals surface area contributed by atoms with E-state index in [1.165, 1.54) is 12.1 Å². The van der Waals surface area contributed by atoms with Crippen molar-refractivity contribution in [3.8, 4) is 11.1 Å². The van der Waals surface area contributed by atoms with Gasteiger partial charge in [-0.15, -0.1) is 0 Å². The Morgan fingerprint density at radius 1 is 1.12 bits per heavy atom. The van der Waals surface area contributed by atoms with Gasteiger partial charge in [-0.3, -0.25) is 0 Å². The number of ether oxygens (including phenoxy) is 2. The maximum atomic E-state index is 13.5. The fourth-order valence-electron chi connectivity index (χ4n) is 4.86. The van der Waals surface area contributed by atoms with Gasteiger partial charge in [0.05, 0.1) is 0 Å². The van der Waals surface area contributed by atoms with Gasteiger partial charge in [0, 0.05) is 6.54 Å². The van der Waals surface area contributed by atoms with Gasteiger partial charge in [0.1, 0.15) is 11.4 Å². The smallest absolute Gasteiger partial charge is 0.412 e. The van der Waals surface area contributed by atoms with Gasteiger partial charge in [0.25, 0.3) is 0 Å². The topological polar surface area (TPSA) is 64.6 Å². The summed E-state index contributed by atoms with van der Waals surface area (Å²) in [5.41, 5.74) is 3.76. The maximum Gasteiger partial charge on any atom is 0.412 e. The number of halogens is 1. The van der Waals surface area contributed by atoms with Crippen molar-refractivity contribution < 1.29 is 23.5 Å². The Morgan fingerprint density at radius 2 is 1.81 bits per heavy atom. The average molecular weight is 438 g/mol. The van der Waals surface area contributed by atoms with Crippen LogP contribution in [0.1, 0.15) is 56.2 Å². The number of alkyl carbamates (subject to hydrolysis) is 1. The molecule has 1 aliphatic carbocycles. The largest absolute Gasteiger partial charge is 0.447 e. The first-order chi connectivity index (χ1) is 15.4. The third kappa shape index (κ3) is 3.78. The second-order valence-corrected chi connectivity index (χ2v) is 8.35. The summed E-state index contributed by atoms with van der Waals surface area (Å²) in [7, 11) is 0. The molecule has 2 aromatic rings. The molecule has 1 spiro atoms. The lowest BCUT2D eigenvalue weighted by Gasteiger charge is -2.24. The monoisotopic (exact) mass is 437 g/mol. The second-order valence-electron chi connectivity index (χ2n) is 8.35. The molecule has 168 valence electrons. The number of carbonyl (C=O) groups is 2. The van der Waals surface area contributed by atoms with E-state index >= 15 is 0 Å². The number of hydrogen-bond acceptors (Lipinski definition) is 4. The predicted molar refractivity (Wildman–Crippen MR) is 120 cm³/mol. The Hall–Kier alpha value is -3.15. The molecule has 2 aliphatic rings. The minimum absolute atomic E-state index is 0.306. The quantitative estimate of drug-likeness (QED) is 0.611. The van der Waals surface area contributed by atoms with Crippen molar-refractivity contribution in [2.45, 2.75) is 58.5 Å². The van der Waals surface area contributed by atoms with Crippen molar-refractivity contribution in [1.82, 2.24) is 5.32 Å². The summed E-state index contributed by atoms with van der Waals surface area (Å²) < 4.78 is 25.2. The molecule has 0 radical (unpaired) electrons. The number of amides is 1. The number of esters is 1. The van der Waals surface area contributed by atoms with Crippen molar-refractivity contribution in [3.05, 3.63) is 64.7 Å². The standard InChI is InChI=1S/C26H28FNO4/c1-4-17-10-13-20(18-8-11-19(27)12-9-18)16(3)21(17)22-23(31-25(30)28-5-2)26(32-24(22)29)14-6-7-15-26/h8-13H,4-7,14-15H2,1-3H3,(H,28,30). The zero-order valence-corrected chi connectivity index (χ0v) is 18.7. The first kappa shape index (κ1) is 22.1. The molecule has 32 heavy (non-hydrogen) atoms. The van der Waals surface area contributed by atoms with Gasteiger partial charge in [-0.1, -0.05) is 31.2 Å². The fourth-order valence-corrected chi connectivity index (χ4v) is 4.86. The van der Waals surface area contributed by atoms with E-state index in [0.717, 1.165) is 40.7 Å². The summed E-state index contributed by atoms with van der Waals surface area (Å²) in [6.45, 7) is 6.19. The Labute approximate surface area is 187 Å². The first-order valence-corrected chi connectivity index (χ1v) is 11.2. The van der Waals surface area contributed by atoms with Crippen LogP contribution in [0.4, 0.5) is 9.18 Å². The van der Waals surface area contributed by atoms with Crippen LogP contribution in [0.5, 0.6) is 0 Å². The molecule has 6 heteroatoms. The minimum Gasteiger partial charge on any atom is -0.447 e. The van der Waals surface area contributed by atoms with Crippen LogP contribution < -0.4 is 5.32 Å². The maximum absolute atomic E-state index is 13.5. The molecule has 0 bridgehead atoms. The van der Waals surface area contributed by atoms with Crippen LogP contribution in [0.25, 0.3) is 16.7 Å². The molecule has 1 saturated carbocycles. The van der Waals surface area contributed by atoms with E-state index in [1.807, 2.05) is 32.9 Å². The third-order valence-corrected chi connectivity index (χ3v) is 6.40. The Morgan fingerprint density at radius 3 is 2.44 bits per heavy atom. The van der Waals surface area contributed by atoms with Crippen molar-refractivity contribution in [3.63, 3.8) is 0 Å². The highest BCUT2D eigenvalue weighted by molar-refractivity contribution is 6.21. The highest BCUT2D eigenvalue weighted by Crippen LogP contribution is 2.49. The van der Waals surface area contributed by atoms with Gasteiger partial charge in [-0.2, -0.15) is 0 Å². The third-order valence-electron chi connectivity index (χ3n) is 6.40.